The quantitative estimate of drug-likeness (QED) is 0.854. The van der Waals surface area contributed by atoms with Gasteiger partial charge in [0.15, 0.2) is 0 Å². The van der Waals surface area contributed by atoms with Crippen LogP contribution in [0.15, 0.2) is 30.3 Å². The van der Waals surface area contributed by atoms with Gasteiger partial charge in [-0.05, 0) is 43.2 Å². The SMILES string of the molecule is Cn1c(C2CCN(C(=O)C3CCCO3)CC2)cc2ccccc21. The van der Waals surface area contributed by atoms with Crippen LogP contribution in [0.3, 0.4) is 0 Å². The molecule has 0 bridgehead atoms. The molecule has 1 unspecified atom stereocenters. The highest BCUT2D eigenvalue weighted by Gasteiger charge is 2.31. The second-order valence-corrected chi connectivity index (χ2v) is 6.79. The highest BCUT2D eigenvalue weighted by atomic mass is 16.5. The number of hydrogen-bond acceptors (Lipinski definition) is 2. The van der Waals surface area contributed by atoms with Crippen molar-refractivity contribution < 1.29 is 9.53 Å². The van der Waals surface area contributed by atoms with Gasteiger partial charge in [0.1, 0.15) is 6.10 Å². The molecule has 2 saturated heterocycles. The zero-order chi connectivity index (χ0) is 15.8. The summed E-state index contributed by atoms with van der Waals surface area (Å²) < 4.78 is 7.86. The van der Waals surface area contributed by atoms with Crippen molar-refractivity contribution in [1.82, 2.24) is 9.47 Å². The van der Waals surface area contributed by atoms with E-state index in [1.807, 2.05) is 4.90 Å². The van der Waals surface area contributed by atoms with Gasteiger partial charge in [-0.15, -0.1) is 0 Å². The largest absolute Gasteiger partial charge is 0.368 e. The lowest BCUT2D eigenvalue weighted by Crippen LogP contribution is -2.43. The Morgan fingerprint density at radius 1 is 1.17 bits per heavy atom. The van der Waals surface area contributed by atoms with Crippen molar-refractivity contribution in [2.45, 2.75) is 37.7 Å². The van der Waals surface area contributed by atoms with E-state index >= 15 is 0 Å². The molecule has 1 amide bonds. The molecule has 1 aromatic heterocycles. The minimum atomic E-state index is -0.177. The molecule has 3 heterocycles. The molecule has 0 radical (unpaired) electrons. The Morgan fingerprint density at radius 2 is 1.96 bits per heavy atom. The van der Waals surface area contributed by atoms with Gasteiger partial charge in [-0.2, -0.15) is 0 Å². The molecule has 2 aromatic rings. The molecule has 4 nitrogen and oxygen atoms in total. The summed E-state index contributed by atoms with van der Waals surface area (Å²) in [7, 11) is 2.15. The third kappa shape index (κ3) is 2.65. The predicted octanol–water partition coefficient (Wildman–Crippen LogP) is 3.06. The molecule has 4 heteroatoms. The van der Waals surface area contributed by atoms with Crippen LogP contribution in [0.25, 0.3) is 10.9 Å². The maximum absolute atomic E-state index is 12.4. The van der Waals surface area contributed by atoms with Crippen molar-refractivity contribution in [3.63, 3.8) is 0 Å². The van der Waals surface area contributed by atoms with Crippen LogP contribution in [0, 0.1) is 0 Å². The minimum absolute atomic E-state index is 0.177. The normalized spacial score (nSPS) is 22.8. The number of rotatable bonds is 2. The number of aromatic nitrogens is 1. The van der Waals surface area contributed by atoms with E-state index in [2.05, 4.69) is 41.9 Å². The third-order valence-corrected chi connectivity index (χ3v) is 5.42. The van der Waals surface area contributed by atoms with Gasteiger partial charge in [0.2, 0.25) is 0 Å². The Bertz CT molecular complexity index is 707. The molecule has 0 saturated carbocycles. The standard InChI is InChI=1S/C19H24N2O2/c1-20-16-6-3-2-5-15(16)13-17(20)14-8-10-21(11-9-14)19(22)18-7-4-12-23-18/h2-3,5-6,13-14,18H,4,7-12H2,1H3. The van der Waals surface area contributed by atoms with E-state index in [0.717, 1.165) is 45.4 Å². The van der Waals surface area contributed by atoms with Crippen LogP contribution in [0.1, 0.15) is 37.3 Å². The zero-order valence-electron chi connectivity index (χ0n) is 13.7. The number of fused-ring (bicyclic) bond motifs is 1. The maximum atomic E-state index is 12.4. The Labute approximate surface area is 137 Å². The van der Waals surface area contributed by atoms with Crippen LogP contribution in [0.5, 0.6) is 0 Å². The first-order valence-corrected chi connectivity index (χ1v) is 8.69. The number of benzene rings is 1. The van der Waals surface area contributed by atoms with E-state index in [0.29, 0.717) is 5.92 Å². The van der Waals surface area contributed by atoms with Gasteiger partial charge in [0.25, 0.3) is 5.91 Å². The summed E-state index contributed by atoms with van der Waals surface area (Å²) in [6.45, 7) is 2.44. The van der Waals surface area contributed by atoms with Crippen molar-refractivity contribution >= 4 is 16.8 Å². The number of amides is 1. The number of hydrogen-bond donors (Lipinski definition) is 0. The fraction of sp³-hybridized carbons (Fsp3) is 0.526. The second kappa shape index (κ2) is 6.00. The van der Waals surface area contributed by atoms with Gasteiger partial charge in [0.05, 0.1) is 0 Å². The van der Waals surface area contributed by atoms with Crippen LogP contribution in [-0.2, 0) is 16.6 Å². The molecular weight excluding hydrogens is 288 g/mol. The Balaban J connectivity index is 1.46. The van der Waals surface area contributed by atoms with Gasteiger partial charge in [0, 0.05) is 43.9 Å². The summed E-state index contributed by atoms with van der Waals surface area (Å²) >= 11 is 0. The number of nitrogens with zero attached hydrogens (tertiary/aromatic N) is 2. The second-order valence-electron chi connectivity index (χ2n) is 6.79. The van der Waals surface area contributed by atoms with Crippen LogP contribution in [0.2, 0.25) is 0 Å². The summed E-state index contributed by atoms with van der Waals surface area (Å²) in [5, 5.41) is 1.31. The molecule has 0 aliphatic carbocycles. The van der Waals surface area contributed by atoms with Gasteiger partial charge < -0.3 is 14.2 Å². The lowest BCUT2D eigenvalue weighted by molar-refractivity contribution is -0.142. The van der Waals surface area contributed by atoms with Crippen LogP contribution in [-0.4, -0.2) is 41.2 Å². The average Bonchev–Trinajstić information content (AvgIpc) is 3.23. The number of carbonyl (C=O) groups is 1. The smallest absolute Gasteiger partial charge is 0.251 e. The number of piperidine rings is 1. The number of para-hydroxylation sites is 1. The minimum Gasteiger partial charge on any atom is -0.368 e. The molecule has 1 aromatic carbocycles. The molecule has 4 rings (SSSR count). The van der Waals surface area contributed by atoms with Crippen LogP contribution < -0.4 is 0 Å². The first-order valence-electron chi connectivity index (χ1n) is 8.69. The topological polar surface area (TPSA) is 34.5 Å². The Morgan fingerprint density at radius 3 is 2.65 bits per heavy atom. The molecular formula is C19H24N2O2. The summed E-state index contributed by atoms with van der Waals surface area (Å²) in [6, 6.07) is 10.9. The highest BCUT2D eigenvalue weighted by molar-refractivity contribution is 5.82. The molecule has 0 spiro atoms. The van der Waals surface area contributed by atoms with Crippen molar-refractivity contribution in [2.75, 3.05) is 19.7 Å². The fourth-order valence-electron chi connectivity index (χ4n) is 4.07. The van der Waals surface area contributed by atoms with Crippen molar-refractivity contribution in [3.05, 3.63) is 36.0 Å². The van der Waals surface area contributed by atoms with Crippen LogP contribution in [0.4, 0.5) is 0 Å². The maximum Gasteiger partial charge on any atom is 0.251 e. The van der Waals surface area contributed by atoms with Crippen molar-refractivity contribution in [1.29, 1.82) is 0 Å². The van der Waals surface area contributed by atoms with E-state index in [-0.39, 0.29) is 12.0 Å². The number of likely N-dealkylation sites (tertiary alicyclic amines) is 1. The third-order valence-electron chi connectivity index (χ3n) is 5.42. The van der Waals surface area contributed by atoms with E-state index in [1.165, 1.54) is 16.6 Å². The molecule has 23 heavy (non-hydrogen) atoms. The number of ether oxygens (including phenoxy) is 1. The summed E-state index contributed by atoms with van der Waals surface area (Å²) in [5.74, 6) is 0.749. The van der Waals surface area contributed by atoms with E-state index in [9.17, 15) is 4.79 Å². The Kier molecular flexibility index (Phi) is 3.85. The fourth-order valence-corrected chi connectivity index (χ4v) is 4.07. The van der Waals surface area contributed by atoms with Crippen molar-refractivity contribution in [3.8, 4) is 0 Å². The predicted molar refractivity (Wildman–Crippen MR) is 90.4 cm³/mol. The van der Waals surface area contributed by atoms with Gasteiger partial charge in [-0.3, -0.25) is 4.79 Å². The van der Waals surface area contributed by atoms with Crippen molar-refractivity contribution in [2.24, 2.45) is 7.05 Å². The molecule has 1 atom stereocenters. The van der Waals surface area contributed by atoms with Gasteiger partial charge in [-0.25, -0.2) is 0 Å². The van der Waals surface area contributed by atoms with E-state index < -0.39 is 0 Å². The molecule has 2 aliphatic rings. The van der Waals surface area contributed by atoms with E-state index in [4.69, 9.17) is 4.74 Å². The number of aryl methyl sites for hydroxylation is 1. The summed E-state index contributed by atoms with van der Waals surface area (Å²) in [6.07, 6.45) is 3.82. The van der Waals surface area contributed by atoms with E-state index in [1.54, 1.807) is 0 Å². The van der Waals surface area contributed by atoms with Gasteiger partial charge >= 0.3 is 0 Å². The molecule has 0 N–H and O–H groups in total. The lowest BCUT2D eigenvalue weighted by Gasteiger charge is -2.33. The monoisotopic (exact) mass is 312 g/mol. The first-order chi connectivity index (χ1) is 11.2. The number of carbonyl (C=O) groups excluding carboxylic acids is 1. The highest BCUT2D eigenvalue weighted by Crippen LogP contribution is 2.32. The summed E-state index contributed by atoms with van der Waals surface area (Å²) in [5.41, 5.74) is 2.69. The average molecular weight is 312 g/mol. The molecule has 2 aliphatic heterocycles. The first kappa shape index (κ1) is 14.8. The zero-order valence-corrected chi connectivity index (χ0v) is 13.7. The van der Waals surface area contributed by atoms with Gasteiger partial charge in [-0.1, -0.05) is 18.2 Å². The molecule has 122 valence electrons. The Hall–Kier alpha value is -1.81. The lowest BCUT2D eigenvalue weighted by atomic mass is 9.93. The molecule has 2 fully saturated rings. The summed E-state index contributed by atoms with van der Waals surface area (Å²) in [4.78, 5) is 14.5. The van der Waals surface area contributed by atoms with Crippen LogP contribution >= 0.6 is 0 Å².